The number of anilines is 1. The largest absolute Gasteiger partial charge is 0.508 e. The van der Waals surface area contributed by atoms with E-state index in [1.807, 2.05) is 0 Å². The van der Waals surface area contributed by atoms with Gasteiger partial charge in [0.2, 0.25) is 0 Å². The summed E-state index contributed by atoms with van der Waals surface area (Å²) in [6.07, 6.45) is 0. The molecule has 0 aliphatic carbocycles. The minimum atomic E-state index is -0.558. The second-order valence-electron chi connectivity index (χ2n) is 5.12. The number of benzene rings is 2. The maximum Gasteiger partial charge on any atom is 0.262 e. The van der Waals surface area contributed by atoms with Gasteiger partial charge in [0.05, 0.1) is 17.2 Å². The number of carbonyl (C=O) groups is 3. The van der Waals surface area contributed by atoms with E-state index in [1.165, 1.54) is 42.5 Å². The van der Waals surface area contributed by atoms with Gasteiger partial charge in [-0.3, -0.25) is 19.3 Å². The minimum absolute atomic E-state index is 0.0470. The first-order chi connectivity index (χ1) is 11.5. The molecule has 3 rings (SSSR count). The summed E-state index contributed by atoms with van der Waals surface area (Å²) in [7, 11) is 0. The Balaban J connectivity index is 1.84. The van der Waals surface area contributed by atoms with E-state index >= 15 is 0 Å². The lowest BCUT2D eigenvalue weighted by Gasteiger charge is -2.07. The van der Waals surface area contributed by atoms with Gasteiger partial charge < -0.3 is 10.4 Å². The fourth-order valence-electron chi connectivity index (χ4n) is 2.40. The number of phenols is 1. The molecule has 0 bridgehead atoms. The van der Waals surface area contributed by atoms with E-state index in [0.29, 0.717) is 11.3 Å². The SMILES string of the molecule is N#CCN1C(=O)c2ccc(NC(=O)c3ccc(O)cc3)cc2C1=O. The molecule has 7 heteroatoms. The van der Waals surface area contributed by atoms with Gasteiger partial charge in [0, 0.05) is 11.3 Å². The monoisotopic (exact) mass is 321 g/mol. The number of carbonyl (C=O) groups excluding carboxylic acids is 3. The van der Waals surface area contributed by atoms with Crippen molar-refractivity contribution in [1.82, 2.24) is 4.90 Å². The summed E-state index contributed by atoms with van der Waals surface area (Å²) in [5.74, 6) is -1.45. The van der Waals surface area contributed by atoms with Gasteiger partial charge in [-0.25, -0.2) is 0 Å². The van der Waals surface area contributed by atoms with Gasteiger partial charge in [-0.15, -0.1) is 0 Å². The average Bonchev–Trinajstić information content (AvgIpc) is 2.80. The van der Waals surface area contributed by atoms with Gasteiger partial charge in [0.1, 0.15) is 12.3 Å². The number of rotatable bonds is 3. The number of amides is 3. The van der Waals surface area contributed by atoms with Crippen molar-refractivity contribution in [3.8, 4) is 11.8 Å². The van der Waals surface area contributed by atoms with Crippen molar-refractivity contribution in [2.24, 2.45) is 0 Å². The highest BCUT2D eigenvalue weighted by Gasteiger charge is 2.35. The Morgan fingerprint density at radius 2 is 1.75 bits per heavy atom. The van der Waals surface area contributed by atoms with Gasteiger partial charge in [-0.05, 0) is 42.5 Å². The van der Waals surface area contributed by atoms with Crippen LogP contribution in [0.3, 0.4) is 0 Å². The van der Waals surface area contributed by atoms with Crippen molar-refractivity contribution in [2.45, 2.75) is 0 Å². The Morgan fingerprint density at radius 1 is 1.08 bits per heavy atom. The van der Waals surface area contributed by atoms with Crippen molar-refractivity contribution < 1.29 is 19.5 Å². The van der Waals surface area contributed by atoms with Gasteiger partial charge in [0.15, 0.2) is 0 Å². The Labute approximate surface area is 136 Å². The van der Waals surface area contributed by atoms with Gasteiger partial charge >= 0.3 is 0 Å². The zero-order chi connectivity index (χ0) is 17.3. The van der Waals surface area contributed by atoms with Crippen molar-refractivity contribution in [1.29, 1.82) is 5.26 Å². The fourth-order valence-corrected chi connectivity index (χ4v) is 2.40. The number of fused-ring (bicyclic) bond motifs is 1. The average molecular weight is 321 g/mol. The molecular weight excluding hydrogens is 310 g/mol. The first-order valence-corrected chi connectivity index (χ1v) is 6.99. The molecule has 2 N–H and O–H groups in total. The van der Waals surface area contributed by atoms with E-state index < -0.39 is 17.7 Å². The molecule has 24 heavy (non-hydrogen) atoms. The van der Waals surface area contributed by atoms with Gasteiger partial charge in [-0.2, -0.15) is 5.26 Å². The third-order valence-electron chi connectivity index (χ3n) is 3.59. The summed E-state index contributed by atoms with van der Waals surface area (Å²) in [5.41, 5.74) is 1.05. The number of hydrogen-bond acceptors (Lipinski definition) is 5. The summed E-state index contributed by atoms with van der Waals surface area (Å²) in [4.78, 5) is 37.2. The third kappa shape index (κ3) is 2.57. The molecule has 0 saturated heterocycles. The minimum Gasteiger partial charge on any atom is -0.508 e. The van der Waals surface area contributed by atoms with Crippen LogP contribution >= 0.6 is 0 Å². The Bertz CT molecular complexity index is 897. The first kappa shape index (κ1) is 15.2. The van der Waals surface area contributed by atoms with E-state index in [2.05, 4.69) is 5.32 Å². The van der Waals surface area contributed by atoms with Crippen LogP contribution in [0.15, 0.2) is 42.5 Å². The van der Waals surface area contributed by atoms with E-state index in [1.54, 1.807) is 6.07 Å². The highest BCUT2D eigenvalue weighted by Crippen LogP contribution is 2.26. The fraction of sp³-hybridized carbons (Fsp3) is 0.0588. The Kier molecular flexibility index (Phi) is 3.72. The van der Waals surface area contributed by atoms with Crippen molar-refractivity contribution in [2.75, 3.05) is 11.9 Å². The molecule has 0 spiro atoms. The highest BCUT2D eigenvalue weighted by molar-refractivity contribution is 6.22. The molecule has 0 saturated carbocycles. The molecule has 118 valence electrons. The zero-order valence-corrected chi connectivity index (χ0v) is 12.3. The predicted molar refractivity (Wildman–Crippen MR) is 83.5 cm³/mol. The van der Waals surface area contributed by atoms with Crippen LogP contribution in [-0.4, -0.2) is 34.3 Å². The lowest BCUT2D eigenvalue weighted by molar-refractivity contribution is 0.0673. The lowest BCUT2D eigenvalue weighted by Crippen LogP contribution is -2.29. The molecule has 3 amide bonds. The molecule has 0 radical (unpaired) electrons. The summed E-state index contributed by atoms with van der Waals surface area (Å²) in [5, 5.41) is 20.5. The molecule has 1 heterocycles. The number of imide groups is 1. The standard InChI is InChI=1S/C17H11N3O4/c18-7-8-20-16(23)13-6-3-11(9-14(13)17(20)24)19-15(22)10-1-4-12(21)5-2-10/h1-6,9,21H,8H2,(H,19,22). The van der Waals surface area contributed by atoms with Gasteiger partial charge in [-0.1, -0.05) is 0 Å². The van der Waals surface area contributed by atoms with Crippen molar-refractivity contribution >= 4 is 23.4 Å². The molecule has 1 aliphatic rings. The van der Waals surface area contributed by atoms with Crippen LogP contribution in [0.2, 0.25) is 0 Å². The number of nitriles is 1. The van der Waals surface area contributed by atoms with Crippen LogP contribution in [0, 0.1) is 11.3 Å². The second-order valence-corrected chi connectivity index (χ2v) is 5.12. The zero-order valence-electron chi connectivity index (χ0n) is 12.3. The third-order valence-corrected chi connectivity index (χ3v) is 3.59. The van der Waals surface area contributed by atoms with Crippen LogP contribution in [0.1, 0.15) is 31.1 Å². The van der Waals surface area contributed by atoms with Gasteiger partial charge in [0.25, 0.3) is 17.7 Å². The maximum atomic E-state index is 12.2. The smallest absolute Gasteiger partial charge is 0.262 e. The molecular formula is C17H11N3O4. The number of aromatic hydroxyl groups is 1. The molecule has 0 aromatic heterocycles. The summed E-state index contributed by atoms with van der Waals surface area (Å²) < 4.78 is 0. The highest BCUT2D eigenvalue weighted by atomic mass is 16.3. The second kappa shape index (κ2) is 5.85. The van der Waals surface area contributed by atoms with Crippen LogP contribution in [-0.2, 0) is 0 Å². The Morgan fingerprint density at radius 3 is 2.42 bits per heavy atom. The molecule has 2 aromatic rings. The number of nitrogens with one attached hydrogen (secondary N) is 1. The molecule has 0 atom stereocenters. The van der Waals surface area contributed by atoms with Crippen LogP contribution in [0.5, 0.6) is 5.75 Å². The molecule has 1 aliphatic heterocycles. The van der Waals surface area contributed by atoms with Crippen molar-refractivity contribution in [3.63, 3.8) is 0 Å². The number of phenolic OH excluding ortho intramolecular Hbond substituents is 1. The van der Waals surface area contributed by atoms with E-state index in [0.717, 1.165) is 4.90 Å². The van der Waals surface area contributed by atoms with E-state index in [-0.39, 0.29) is 23.4 Å². The van der Waals surface area contributed by atoms with Crippen LogP contribution in [0.25, 0.3) is 0 Å². The lowest BCUT2D eigenvalue weighted by atomic mass is 10.1. The maximum absolute atomic E-state index is 12.2. The van der Waals surface area contributed by atoms with Crippen molar-refractivity contribution in [3.05, 3.63) is 59.2 Å². The van der Waals surface area contributed by atoms with Crippen LogP contribution < -0.4 is 5.32 Å². The van der Waals surface area contributed by atoms with E-state index in [9.17, 15) is 19.5 Å². The normalized spacial score (nSPS) is 12.7. The number of hydrogen-bond donors (Lipinski definition) is 2. The number of nitrogens with zero attached hydrogens (tertiary/aromatic N) is 2. The summed E-state index contributed by atoms with van der Waals surface area (Å²) in [6, 6.07) is 11.8. The first-order valence-electron chi connectivity index (χ1n) is 6.99. The predicted octanol–water partition coefficient (Wildman–Crippen LogP) is 1.76. The molecule has 2 aromatic carbocycles. The topological polar surface area (TPSA) is 110 Å². The molecule has 0 fully saturated rings. The molecule has 0 unspecified atom stereocenters. The Hall–Kier alpha value is -3.66. The summed E-state index contributed by atoms with van der Waals surface area (Å²) >= 11 is 0. The van der Waals surface area contributed by atoms with E-state index in [4.69, 9.17) is 5.26 Å². The summed E-state index contributed by atoms with van der Waals surface area (Å²) in [6.45, 7) is -0.318. The quantitative estimate of drug-likeness (QED) is 0.661. The molecule has 7 nitrogen and oxygen atoms in total. The van der Waals surface area contributed by atoms with Crippen LogP contribution in [0.4, 0.5) is 5.69 Å².